The Morgan fingerprint density at radius 2 is 2.03 bits per heavy atom. The van der Waals surface area contributed by atoms with Crippen molar-refractivity contribution in [3.05, 3.63) is 83.8 Å². The second-order valence-electron chi connectivity index (χ2n) is 7.00. The highest BCUT2D eigenvalue weighted by Crippen LogP contribution is 2.20. The molecule has 7 heteroatoms. The summed E-state index contributed by atoms with van der Waals surface area (Å²) in [5.41, 5.74) is 5.01. The van der Waals surface area contributed by atoms with Crippen molar-refractivity contribution in [3.63, 3.8) is 0 Å². The number of hydrazone groups is 1. The Hall–Kier alpha value is -3.61. The van der Waals surface area contributed by atoms with E-state index in [0.717, 1.165) is 22.5 Å². The molecule has 0 radical (unpaired) electrons. The lowest BCUT2D eigenvalue weighted by Crippen LogP contribution is -2.13. The second-order valence-corrected chi connectivity index (χ2v) is 7.00. The summed E-state index contributed by atoms with van der Waals surface area (Å²) >= 11 is 0. The van der Waals surface area contributed by atoms with Gasteiger partial charge in [0.1, 0.15) is 11.5 Å². The van der Waals surface area contributed by atoms with Crippen LogP contribution in [0.4, 0.5) is 4.39 Å². The molecular formula is C22H21FN6. The molecule has 1 aromatic carbocycles. The van der Waals surface area contributed by atoms with Crippen LogP contribution in [0.2, 0.25) is 0 Å². The Balaban J connectivity index is 1.72. The first-order valence-electron chi connectivity index (χ1n) is 9.24. The Kier molecular flexibility index (Phi) is 4.80. The van der Waals surface area contributed by atoms with Gasteiger partial charge in [0.2, 0.25) is 0 Å². The van der Waals surface area contributed by atoms with Gasteiger partial charge in [0.05, 0.1) is 23.1 Å². The largest absolute Gasteiger partial charge is 0.273 e. The fraction of sp³-hybridized carbons (Fsp3) is 0.182. The molecule has 0 spiro atoms. The summed E-state index contributed by atoms with van der Waals surface area (Å²) in [5.74, 6) is -0.289. The third-order valence-corrected chi connectivity index (χ3v) is 4.80. The van der Waals surface area contributed by atoms with E-state index >= 15 is 0 Å². The van der Waals surface area contributed by atoms with Crippen LogP contribution in [0.25, 0.3) is 16.6 Å². The smallest absolute Gasteiger partial charge is 0.153 e. The normalized spacial score (nSPS) is 11.9. The van der Waals surface area contributed by atoms with E-state index < -0.39 is 0 Å². The standard InChI is InChI=1S/C22H21FN6/c1-14(2)28(4)26-15(3)20-7-8-22-25-13-18(29(22)27-20)11-17-10-16-6-5-9-24-21(16)12-19(17)23/h5-10,12-13H,1,11H2,2-4H3/b26-15+. The Morgan fingerprint density at radius 3 is 2.83 bits per heavy atom. The van der Waals surface area contributed by atoms with Crippen molar-refractivity contribution in [2.24, 2.45) is 5.10 Å². The predicted octanol–water partition coefficient (Wildman–Crippen LogP) is 4.20. The quantitative estimate of drug-likeness (QED) is 0.380. The number of allylic oxidation sites excluding steroid dienone is 1. The van der Waals surface area contributed by atoms with E-state index in [1.807, 2.05) is 51.2 Å². The summed E-state index contributed by atoms with van der Waals surface area (Å²) in [6, 6.07) is 10.8. The number of rotatable bonds is 5. The molecular weight excluding hydrogens is 367 g/mol. The van der Waals surface area contributed by atoms with Gasteiger partial charge in [0.15, 0.2) is 5.65 Å². The topological polar surface area (TPSA) is 58.7 Å². The van der Waals surface area contributed by atoms with Gasteiger partial charge in [-0.25, -0.2) is 13.9 Å². The third kappa shape index (κ3) is 3.71. The highest BCUT2D eigenvalue weighted by atomic mass is 19.1. The molecule has 0 fully saturated rings. The molecule has 3 aromatic heterocycles. The molecule has 4 aromatic rings. The average Bonchev–Trinajstić information content (AvgIpc) is 3.10. The van der Waals surface area contributed by atoms with E-state index in [9.17, 15) is 4.39 Å². The van der Waals surface area contributed by atoms with Crippen LogP contribution in [0.1, 0.15) is 30.8 Å². The van der Waals surface area contributed by atoms with Crippen molar-refractivity contribution in [2.45, 2.75) is 20.3 Å². The molecule has 29 heavy (non-hydrogen) atoms. The minimum absolute atomic E-state index is 0.289. The van der Waals surface area contributed by atoms with Gasteiger partial charge in [-0.1, -0.05) is 12.6 Å². The summed E-state index contributed by atoms with van der Waals surface area (Å²) in [6.07, 6.45) is 3.76. The van der Waals surface area contributed by atoms with Crippen LogP contribution in [-0.2, 0) is 6.42 Å². The van der Waals surface area contributed by atoms with Gasteiger partial charge in [-0.05, 0) is 43.7 Å². The molecule has 0 unspecified atom stereocenters. The first-order valence-corrected chi connectivity index (χ1v) is 9.24. The maximum absolute atomic E-state index is 14.6. The van der Waals surface area contributed by atoms with E-state index in [1.54, 1.807) is 21.9 Å². The highest BCUT2D eigenvalue weighted by Gasteiger charge is 2.12. The number of pyridine rings is 1. The number of benzene rings is 1. The van der Waals surface area contributed by atoms with Crippen LogP contribution >= 0.6 is 0 Å². The van der Waals surface area contributed by atoms with E-state index in [2.05, 4.69) is 26.7 Å². The average molecular weight is 388 g/mol. The van der Waals surface area contributed by atoms with Crippen LogP contribution in [0.3, 0.4) is 0 Å². The van der Waals surface area contributed by atoms with Gasteiger partial charge in [-0.15, -0.1) is 0 Å². The molecule has 6 nitrogen and oxygen atoms in total. The fourth-order valence-corrected chi connectivity index (χ4v) is 3.07. The van der Waals surface area contributed by atoms with E-state index in [1.165, 1.54) is 6.07 Å². The molecule has 0 bridgehead atoms. The summed E-state index contributed by atoms with van der Waals surface area (Å²) in [7, 11) is 1.84. The first-order chi connectivity index (χ1) is 13.9. The minimum Gasteiger partial charge on any atom is -0.273 e. The third-order valence-electron chi connectivity index (χ3n) is 4.80. The molecule has 0 N–H and O–H groups in total. The second kappa shape index (κ2) is 7.43. The monoisotopic (exact) mass is 388 g/mol. The molecule has 0 aliphatic rings. The van der Waals surface area contributed by atoms with Gasteiger partial charge >= 0.3 is 0 Å². The number of fused-ring (bicyclic) bond motifs is 2. The molecule has 146 valence electrons. The van der Waals surface area contributed by atoms with Crippen LogP contribution in [0.5, 0.6) is 0 Å². The lowest BCUT2D eigenvalue weighted by molar-refractivity contribution is 0.449. The van der Waals surface area contributed by atoms with Crippen LogP contribution < -0.4 is 0 Å². The van der Waals surface area contributed by atoms with Crippen molar-refractivity contribution in [3.8, 4) is 0 Å². The van der Waals surface area contributed by atoms with Crippen molar-refractivity contribution in [2.75, 3.05) is 7.05 Å². The summed E-state index contributed by atoms with van der Waals surface area (Å²) in [6.45, 7) is 7.65. The van der Waals surface area contributed by atoms with Crippen LogP contribution in [-0.4, -0.2) is 37.4 Å². The Labute approximate surface area is 168 Å². The SMILES string of the molecule is C=C(C)N(C)/N=C(\C)c1ccc2ncc(Cc3cc4cccnc4cc3F)n2n1. The van der Waals surface area contributed by atoms with Gasteiger partial charge in [0, 0.05) is 36.8 Å². The maximum atomic E-state index is 14.6. The fourth-order valence-electron chi connectivity index (χ4n) is 3.07. The maximum Gasteiger partial charge on any atom is 0.153 e. The molecule has 0 saturated heterocycles. The molecule has 3 heterocycles. The van der Waals surface area contributed by atoms with Crippen molar-refractivity contribution in [1.82, 2.24) is 24.6 Å². The predicted molar refractivity (Wildman–Crippen MR) is 112 cm³/mol. The number of imidazole rings is 1. The number of aromatic nitrogens is 4. The number of halogens is 1. The van der Waals surface area contributed by atoms with Crippen molar-refractivity contribution >= 4 is 22.3 Å². The minimum atomic E-state index is -0.289. The Bertz CT molecular complexity index is 1260. The summed E-state index contributed by atoms with van der Waals surface area (Å²) in [4.78, 5) is 8.60. The first kappa shape index (κ1) is 18.7. The van der Waals surface area contributed by atoms with Gasteiger partial charge < -0.3 is 0 Å². The molecule has 0 saturated carbocycles. The van der Waals surface area contributed by atoms with Crippen LogP contribution in [0.15, 0.2) is 66.2 Å². The number of nitrogens with zero attached hydrogens (tertiary/aromatic N) is 6. The molecule has 0 atom stereocenters. The van der Waals surface area contributed by atoms with E-state index in [4.69, 9.17) is 0 Å². The van der Waals surface area contributed by atoms with Gasteiger partial charge in [-0.3, -0.25) is 9.99 Å². The van der Waals surface area contributed by atoms with Gasteiger partial charge in [-0.2, -0.15) is 10.2 Å². The lowest BCUT2D eigenvalue weighted by Gasteiger charge is -2.13. The molecule has 0 aliphatic heterocycles. The van der Waals surface area contributed by atoms with Crippen LogP contribution in [0, 0.1) is 5.82 Å². The number of hydrogen-bond acceptors (Lipinski definition) is 5. The summed E-state index contributed by atoms with van der Waals surface area (Å²) in [5, 5.41) is 11.8. The lowest BCUT2D eigenvalue weighted by atomic mass is 10.1. The summed E-state index contributed by atoms with van der Waals surface area (Å²) < 4.78 is 16.4. The number of hydrogen-bond donors (Lipinski definition) is 0. The van der Waals surface area contributed by atoms with Gasteiger partial charge in [0.25, 0.3) is 0 Å². The zero-order valence-electron chi connectivity index (χ0n) is 16.6. The highest BCUT2D eigenvalue weighted by molar-refractivity contribution is 5.96. The van der Waals surface area contributed by atoms with Crippen molar-refractivity contribution in [1.29, 1.82) is 0 Å². The molecule has 0 aliphatic carbocycles. The molecule has 4 rings (SSSR count). The van der Waals surface area contributed by atoms with Crippen molar-refractivity contribution < 1.29 is 4.39 Å². The zero-order valence-corrected chi connectivity index (χ0v) is 16.6. The van der Waals surface area contributed by atoms with E-state index in [-0.39, 0.29) is 5.82 Å². The Morgan fingerprint density at radius 1 is 1.21 bits per heavy atom. The zero-order chi connectivity index (χ0) is 20.5. The van der Waals surface area contributed by atoms with E-state index in [0.29, 0.717) is 28.8 Å². The molecule has 0 amide bonds.